The number of benzene rings is 3. The zero-order valence-electron chi connectivity index (χ0n) is 18.5. The van der Waals surface area contributed by atoms with Gasteiger partial charge in [0.2, 0.25) is 11.8 Å². The normalized spacial score (nSPS) is 13.5. The summed E-state index contributed by atoms with van der Waals surface area (Å²) in [5.74, 6) is -0.690. The van der Waals surface area contributed by atoms with Crippen molar-refractivity contribution in [3.63, 3.8) is 0 Å². The molecule has 0 bridgehead atoms. The first kappa shape index (κ1) is 21.6. The van der Waals surface area contributed by atoms with Gasteiger partial charge in [-0.3, -0.25) is 19.3 Å². The second-order valence-corrected chi connectivity index (χ2v) is 8.42. The SMILES string of the molecule is CC(C)NC(=O)[C@H](C)N(Cc1ccccc1)C(=O)CN1C(=O)c2cccc3cccc1c23. The minimum Gasteiger partial charge on any atom is -0.352 e. The maximum absolute atomic E-state index is 13.5. The van der Waals surface area contributed by atoms with Crippen molar-refractivity contribution < 1.29 is 14.4 Å². The summed E-state index contributed by atoms with van der Waals surface area (Å²) in [6.07, 6.45) is 0. The average Bonchev–Trinajstić information content (AvgIpc) is 3.05. The number of rotatable bonds is 7. The van der Waals surface area contributed by atoms with E-state index in [4.69, 9.17) is 0 Å². The highest BCUT2D eigenvalue weighted by Gasteiger charge is 2.34. The fourth-order valence-corrected chi connectivity index (χ4v) is 4.13. The largest absolute Gasteiger partial charge is 0.352 e. The Balaban J connectivity index is 1.62. The molecule has 1 aliphatic heterocycles. The van der Waals surface area contributed by atoms with Crippen molar-refractivity contribution >= 4 is 34.2 Å². The molecule has 3 aromatic carbocycles. The lowest BCUT2D eigenvalue weighted by molar-refractivity contribution is -0.139. The summed E-state index contributed by atoms with van der Waals surface area (Å²) in [5.41, 5.74) is 2.25. The average molecular weight is 430 g/mol. The van der Waals surface area contributed by atoms with Crippen LogP contribution in [0.15, 0.2) is 66.7 Å². The molecule has 0 fully saturated rings. The molecule has 3 amide bonds. The molecule has 6 heteroatoms. The van der Waals surface area contributed by atoms with Crippen LogP contribution >= 0.6 is 0 Å². The summed E-state index contributed by atoms with van der Waals surface area (Å²) < 4.78 is 0. The van der Waals surface area contributed by atoms with Gasteiger partial charge in [0.15, 0.2) is 0 Å². The maximum Gasteiger partial charge on any atom is 0.259 e. The third kappa shape index (κ3) is 4.08. The van der Waals surface area contributed by atoms with Crippen molar-refractivity contribution in [3.05, 3.63) is 77.9 Å². The topological polar surface area (TPSA) is 69.7 Å². The lowest BCUT2D eigenvalue weighted by Gasteiger charge is -2.31. The van der Waals surface area contributed by atoms with Crippen LogP contribution in [0.3, 0.4) is 0 Å². The molecule has 0 radical (unpaired) electrons. The predicted octanol–water partition coefficient (Wildman–Crippen LogP) is 3.74. The van der Waals surface area contributed by atoms with Crippen LogP contribution in [0.2, 0.25) is 0 Å². The Kier molecular flexibility index (Phi) is 5.95. The van der Waals surface area contributed by atoms with Gasteiger partial charge in [-0.2, -0.15) is 0 Å². The van der Waals surface area contributed by atoms with Crippen molar-refractivity contribution in [2.45, 2.75) is 39.4 Å². The molecule has 3 aromatic rings. The molecule has 4 rings (SSSR count). The number of nitrogens with one attached hydrogen (secondary N) is 1. The van der Waals surface area contributed by atoms with Gasteiger partial charge in [0.25, 0.3) is 5.91 Å². The number of hydrogen-bond donors (Lipinski definition) is 1. The van der Waals surface area contributed by atoms with Gasteiger partial charge in [-0.05, 0) is 43.9 Å². The van der Waals surface area contributed by atoms with Crippen molar-refractivity contribution in [2.75, 3.05) is 11.4 Å². The van der Waals surface area contributed by atoms with E-state index >= 15 is 0 Å². The summed E-state index contributed by atoms with van der Waals surface area (Å²) >= 11 is 0. The van der Waals surface area contributed by atoms with Gasteiger partial charge in [-0.15, -0.1) is 0 Å². The van der Waals surface area contributed by atoms with E-state index in [1.165, 1.54) is 4.90 Å². The first-order valence-electron chi connectivity index (χ1n) is 10.8. The van der Waals surface area contributed by atoms with Crippen LogP contribution in [-0.2, 0) is 16.1 Å². The van der Waals surface area contributed by atoms with E-state index in [0.29, 0.717) is 5.56 Å². The van der Waals surface area contributed by atoms with Gasteiger partial charge in [-0.1, -0.05) is 54.6 Å². The molecule has 0 aromatic heterocycles. The van der Waals surface area contributed by atoms with E-state index in [1.54, 1.807) is 17.9 Å². The standard InChI is InChI=1S/C26H27N3O3/c1-17(2)27-25(31)18(3)28(15-19-9-5-4-6-10-19)23(30)16-29-22-14-8-12-20-11-7-13-21(24(20)22)26(29)32/h4-14,17-18H,15-16H2,1-3H3,(H,27,31)/t18-/m0/s1. The highest BCUT2D eigenvalue weighted by atomic mass is 16.2. The highest BCUT2D eigenvalue weighted by molar-refractivity contribution is 6.26. The quantitative estimate of drug-likeness (QED) is 0.622. The molecule has 0 unspecified atom stereocenters. The van der Waals surface area contributed by atoms with E-state index in [-0.39, 0.29) is 36.9 Å². The molecule has 32 heavy (non-hydrogen) atoms. The molecular formula is C26H27N3O3. The Morgan fingerprint density at radius 2 is 1.62 bits per heavy atom. The minimum atomic E-state index is -0.680. The summed E-state index contributed by atoms with van der Waals surface area (Å²) in [7, 11) is 0. The molecule has 1 aliphatic rings. The molecule has 164 valence electrons. The van der Waals surface area contributed by atoms with E-state index in [0.717, 1.165) is 22.0 Å². The number of anilines is 1. The Bertz CT molecular complexity index is 1170. The molecule has 0 aliphatic carbocycles. The molecular weight excluding hydrogens is 402 g/mol. The number of carbonyl (C=O) groups excluding carboxylic acids is 3. The Morgan fingerprint density at radius 3 is 2.31 bits per heavy atom. The molecule has 0 saturated heterocycles. The van der Waals surface area contributed by atoms with Crippen LogP contribution in [0.1, 0.15) is 36.7 Å². The van der Waals surface area contributed by atoms with Gasteiger partial charge in [0, 0.05) is 23.5 Å². The zero-order chi connectivity index (χ0) is 22.8. The summed E-state index contributed by atoms with van der Waals surface area (Å²) in [6.45, 7) is 5.65. The number of carbonyl (C=O) groups is 3. The fraction of sp³-hybridized carbons (Fsp3) is 0.269. The van der Waals surface area contributed by atoms with E-state index in [1.807, 2.05) is 74.5 Å². The van der Waals surface area contributed by atoms with Crippen LogP contribution in [0.25, 0.3) is 10.8 Å². The van der Waals surface area contributed by atoms with Crippen LogP contribution in [0.4, 0.5) is 5.69 Å². The van der Waals surface area contributed by atoms with Crippen LogP contribution in [-0.4, -0.2) is 41.2 Å². The third-order valence-electron chi connectivity index (χ3n) is 5.74. The van der Waals surface area contributed by atoms with Crippen molar-refractivity contribution in [1.29, 1.82) is 0 Å². The van der Waals surface area contributed by atoms with E-state index in [9.17, 15) is 14.4 Å². The molecule has 1 N–H and O–H groups in total. The Labute approximate surface area is 187 Å². The van der Waals surface area contributed by atoms with Gasteiger partial charge in [0.1, 0.15) is 12.6 Å². The second kappa shape index (κ2) is 8.83. The number of nitrogens with zero attached hydrogens (tertiary/aromatic N) is 2. The Hall–Kier alpha value is -3.67. The maximum atomic E-state index is 13.5. The zero-order valence-corrected chi connectivity index (χ0v) is 18.5. The molecule has 6 nitrogen and oxygen atoms in total. The minimum absolute atomic E-state index is 0.0362. The summed E-state index contributed by atoms with van der Waals surface area (Å²) in [5, 5.41) is 4.72. The predicted molar refractivity (Wildman–Crippen MR) is 125 cm³/mol. The fourth-order valence-electron chi connectivity index (χ4n) is 4.13. The monoisotopic (exact) mass is 429 g/mol. The lowest BCUT2D eigenvalue weighted by atomic mass is 10.1. The van der Waals surface area contributed by atoms with Crippen LogP contribution in [0.5, 0.6) is 0 Å². The molecule has 0 spiro atoms. The smallest absolute Gasteiger partial charge is 0.259 e. The molecule has 0 saturated carbocycles. The van der Waals surface area contributed by atoms with Gasteiger partial charge < -0.3 is 10.2 Å². The van der Waals surface area contributed by atoms with Crippen molar-refractivity contribution in [2.24, 2.45) is 0 Å². The molecule has 1 heterocycles. The van der Waals surface area contributed by atoms with Crippen LogP contribution in [0, 0.1) is 0 Å². The van der Waals surface area contributed by atoms with Gasteiger partial charge >= 0.3 is 0 Å². The third-order valence-corrected chi connectivity index (χ3v) is 5.74. The van der Waals surface area contributed by atoms with Gasteiger partial charge in [-0.25, -0.2) is 0 Å². The van der Waals surface area contributed by atoms with E-state index in [2.05, 4.69) is 5.32 Å². The highest BCUT2D eigenvalue weighted by Crippen LogP contribution is 2.37. The summed E-state index contributed by atoms with van der Waals surface area (Å²) in [6, 6.07) is 20.1. The van der Waals surface area contributed by atoms with Crippen molar-refractivity contribution in [1.82, 2.24) is 10.2 Å². The van der Waals surface area contributed by atoms with E-state index < -0.39 is 6.04 Å². The Morgan fingerprint density at radius 1 is 0.938 bits per heavy atom. The molecule has 1 atom stereocenters. The van der Waals surface area contributed by atoms with Crippen molar-refractivity contribution in [3.8, 4) is 0 Å². The first-order valence-corrected chi connectivity index (χ1v) is 10.8. The number of hydrogen-bond acceptors (Lipinski definition) is 3. The number of amides is 3. The summed E-state index contributed by atoms with van der Waals surface area (Å²) in [4.78, 5) is 42.4. The van der Waals surface area contributed by atoms with Gasteiger partial charge in [0.05, 0.1) is 5.69 Å². The second-order valence-electron chi connectivity index (χ2n) is 8.42. The lowest BCUT2D eigenvalue weighted by Crippen LogP contribution is -2.51. The first-order chi connectivity index (χ1) is 15.4. The van der Waals surface area contributed by atoms with Crippen LogP contribution < -0.4 is 10.2 Å².